The Morgan fingerprint density at radius 2 is 2.05 bits per heavy atom. The van der Waals surface area contributed by atoms with Gasteiger partial charge in [0.25, 0.3) is 0 Å². The van der Waals surface area contributed by atoms with Crippen LogP contribution in [-0.2, 0) is 0 Å². The van der Waals surface area contributed by atoms with Gasteiger partial charge >= 0.3 is 0 Å². The van der Waals surface area contributed by atoms with Crippen molar-refractivity contribution in [3.05, 3.63) is 34.3 Å². The lowest BCUT2D eigenvalue weighted by Crippen LogP contribution is -2.33. The van der Waals surface area contributed by atoms with E-state index in [4.69, 9.17) is 5.73 Å². The summed E-state index contributed by atoms with van der Waals surface area (Å²) in [6.45, 7) is 5.96. The molecular weight excluding hydrogens is 314 g/mol. The summed E-state index contributed by atoms with van der Waals surface area (Å²) < 4.78 is 1.10. The van der Waals surface area contributed by atoms with Crippen molar-refractivity contribution in [2.45, 2.75) is 25.3 Å². The molecule has 1 aromatic rings. The van der Waals surface area contributed by atoms with Gasteiger partial charge in [0.15, 0.2) is 0 Å². The van der Waals surface area contributed by atoms with Crippen LogP contribution in [0.3, 0.4) is 0 Å². The molecule has 4 heteroatoms. The van der Waals surface area contributed by atoms with E-state index in [1.54, 1.807) is 0 Å². The molecule has 112 valence electrons. The first kappa shape index (κ1) is 16.0. The van der Waals surface area contributed by atoms with Crippen LogP contribution in [0.1, 0.15) is 30.9 Å². The van der Waals surface area contributed by atoms with Crippen LogP contribution < -0.4 is 5.73 Å². The number of hydrogen-bond acceptors (Lipinski definition) is 3. The Labute approximate surface area is 131 Å². The number of benzene rings is 1. The summed E-state index contributed by atoms with van der Waals surface area (Å²) in [5.74, 6) is 0. The minimum atomic E-state index is 0.127. The first-order valence-corrected chi connectivity index (χ1v) is 8.36. The molecule has 1 unspecified atom stereocenters. The number of likely N-dealkylation sites (N-methyl/N-ethyl adjacent to an activating group) is 1. The molecule has 2 N–H and O–H groups in total. The van der Waals surface area contributed by atoms with Crippen LogP contribution in [0.5, 0.6) is 0 Å². The van der Waals surface area contributed by atoms with E-state index in [0.717, 1.165) is 24.0 Å². The molecule has 0 amide bonds. The monoisotopic (exact) mass is 339 g/mol. The molecule has 1 fully saturated rings. The number of rotatable bonds is 7. The van der Waals surface area contributed by atoms with E-state index in [1.807, 2.05) is 6.07 Å². The predicted octanol–water partition coefficient (Wildman–Crippen LogP) is 2.87. The summed E-state index contributed by atoms with van der Waals surface area (Å²) in [6, 6.07) is 8.45. The molecule has 0 spiro atoms. The molecule has 1 aromatic carbocycles. The number of nitrogens with zero attached hydrogens (tertiary/aromatic N) is 2. The molecule has 2 rings (SSSR count). The van der Waals surface area contributed by atoms with Crippen LogP contribution in [0.4, 0.5) is 0 Å². The van der Waals surface area contributed by atoms with E-state index >= 15 is 0 Å². The highest BCUT2D eigenvalue weighted by atomic mass is 79.9. The van der Waals surface area contributed by atoms with Crippen LogP contribution >= 0.6 is 15.9 Å². The highest BCUT2D eigenvalue weighted by Gasteiger charge is 2.12. The highest BCUT2D eigenvalue weighted by molar-refractivity contribution is 9.10. The van der Waals surface area contributed by atoms with Crippen molar-refractivity contribution < 1.29 is 0 Å². The van der Waals surface area contributed by atoms with Crippen molar-refractivity contribution in [1.29, 1.82) is 0 Å². The van der Waals surface area contributed by atoms with Crippen LogP contribution in [-0.4, -0.2) is 49.6 Å². The van der Waals surface area contributed by atoms with E-state index in [2.05, 4.69) is 51.0 Å². The van der Waals surface area contributed by atoms with Crippen LogP contribution in [0.25, 0.3) is 0 Å². The molecule has 1 aliphatic rings. The zero-order valence-corrected chi connectivity index (χ0v) is 14.0. The van der Waals surface area contributed by atoms with Crippen molar-refractivity contribution in [2.24, 2.45) is 5.73 Å². The molecule has 1 aliphatic heterocycles. The second-order valence-corrected chi connectivity index (χ2v) is 6.72. The Balaban J connectivity index is 1.68. The van der Waals surface area contributed by atoms with Crippen molar-refractivity contribution in [1.82, 2.24) is 9.80 Å². The second-order valence-electron chi connectivity index (χ2n) is 5.80. The third-order valence-corrected chi connectivity index (χ3v) is 4.59. The van der Waals surface area contributed by atoms with Gasteiger partial charge in [-0.25, -0.2) is 0 Å². The smallest absolute Gasteiger partial charge is 0.0307 e. The zero-order chi connectivity index (χ0) is 14.4. The van der Waals surface area contributed by atoms with E-state index in [9.17, 15) is 0 Å². The molecule has 1 atom stereocenters. The fraction of sp³-hybridized carbons (Fsp3) is 0.625. The summed E-state index contributed by atoms with van der Waals surface area (Å²) >= 11 is 3.50. The molecule has 0 radical (unpaired) electrons. The van der Waals surface area contributed by atoms with E-state index < -0.39 is 0 Å². The lowest BCUT2D eigenvalue weighted by atomic mass is 10.0. The minimum Gasteiger partial charge on any atom is -0.324 e. The van der Waals surface area contributed by atoms with Crippen molar-refractivity contribution in [2.75, 3.05) is 39.8 Å². The summed E-state index contributed by atoms with van der Waals surface area (Å²) in [5, 5.41) is 0. The van der Waals surface area contributed by atoms with Gasteiger partial charge in [-0.3, -0.25) is 0 Å². The largest absolute Gasteiger partial charge is 0.324 e. The third kappa shape index (κ3) is 5.17. The van der Waals surface area contributed by atoms with Gasteiger partial charge in [0.2, 0.25) is 0 Å². The SMILES string of the molecule is CN(CCC(N)c1cccc(Br)c1)CCN1CCCC1. The van der Waals surface area contributed by atoms with Gasteiger partial charge in [-0.1, -0.05) is 28.1 Å². The molecule has 3 nitrogen and oxygen atoms in total. The lowest BCUT2D eigenvalue weighted by molar-refractivity contribution is 0.251. The normalized spacial score (nSPS) is 17.8. The van der Waals surface area contributed by atoms with Gasteiger partial charge in [0, 0.05) is 23.6 Å². The van der Waals surface area contributed by atoms with Gasteiger partial charge in [-0.2, -0.15) is 0 Å². The van der Waals surface area contributed by atoms with Crippen LogP contribution in [0.15, 0.2) is 28.7 Å². The topological polar surface area (TPSA) is 32.5 Å². The molecule has 1 heterocycles. The summed E-state index contributed by atoms with van der Waals surface area (Å²) in [6.07, 6.45) is 3.75. The van der Waals surface area contributed by atoms with Gasteiger partial charge in [0.05, 0.1) is 0 Å². The fourth-order valence-electron chi connectivity index (χ4n) is 2.69. The maximum Gasteiger partial charge on any atom is 0.0307 e. The maximum absolute atomic E-state index is 6.27. The third-order valence-electron chi connectivity index (χ3n) is 4.10. The number of hydrogen-bond donors (Lipinski definition) is 1. The fourth-order valence-corrected chi connectivity index (χ4v) is 3.11. The zero-order valence-electron chi connectivity index (χ0n) is 12.4. The molecule has 0 aromatic heterocycles. The van der Waals surface area contributed by atoms with Gasteiger partial charge in [0.1, 0.15) is 0 Å². The van der Waals surface area contributed by atoms with Crippen molar-refractivity contribution in [3.63, 3.8) is 0 Å². The molecule has 1 saturated heterocycles. The van der Waals surface area contributed by atoms with Gasteiger partial charge in [-0.05, 0) is 63.6 Å². The lowest BCUT2D eigenvalue weighted by Gasteiger charge is -2.22. The van der Waals surface area contributed by atoms with E-state index in [-0.39, 0.29) is 6.04 Å². The Kier molecular flexibility index (Phi) is 6.49. The number of likely N-dealkylation sites (tertiary alicyclic amines) is 1. The average Bonchev–Trinajstić information content (AvgIpc) is 2.95. The van der Waals surface area contributed by atoms with Crippen LogP contribution in [0.2, 0.25) is 0 Å². The maximum atomic E-state index is 6.27. The Morgan fingerprint density at radius 3 is 2.75 bits per heavy atom. The molecule has 20 heavy (non-hydrogen) atoms. The number of nitrogens with two attached hydrogens (primary N) is 1. The first-order valence-electron chi connectivity index (χ1n) is 7.57. The van der Waals surface area contributed by atoms with Crippen LogP contribution in [0, 0.1) is 0 Å². The minimum absolute atomic E-state index is 0.127. The molecule has 0 aliphatic carbocycles. The molecular formula is C16H26BrN3. The van der Waals surface area contributed by atoms with Gasteiger partial charge < -0.3 is 15.5 Å². The van der Waals surface area contributed by atoms with E-state index in [0.29, 0.717) is 0 Å². The summed E-state index contributed by atoms with van der Waals surface area (Å²) in [4.78, 5) is 4.96. The highest BCUT2D eigenvalue weighted by Crippen LogP contribution is 2.19. The Hall–Kier alpha value is -0.420. The summed E-state index contributed by atoms with van der Waals surface area (Å²) in [7, 11) is 2.20. The molecule has 0 saturated carbocycles. The Bertz CT molecular complexity index is 404. The second kappa shape index (κ2) is 8.13. The number of halogens is 1. The average molecular weight is 340 g/mol. The first-order chi connectivity index (χ1) is 9.65. The van der Waals surface area contributed by atoms with Crippen molar-refractivity contribution in [3.8, 4) is 0 Å². The predicted molar refractivity (Wildman–Crippen MR) is 88.9 cm³/mol. The standard InChI is InChI=1S/C16H26BrN3/c1-19(11-12-20-8-2-3-9-20)10-7-16(18)14-5-4-6-15(17)13-14/h4-6,13,16H,2-3,7-12,18H2,1H3. The summed E-state index contributed by atoms with van der Waals surface area (Å²) in [5.41, 5.74) is 7.49. The quantitative estimate of drug-likeness (QED) is 0.828. The van der Waals surface area contributed by atoms with Crippen molar-refractivity contribution >= 4 is 15.9 Å². The van der Waals surface area contributed by atoms with Gasteiger partial charge in [-0.15, -0.1) is 0 Å². The molecule has 0 bridgehead atoms. The van der Waals surface area contributed by atoms with E-state index in [1.165, 1.54) is 38.0 Å². The Morgan fingerprint density at radius 1 is 1.30 bits per heavy atom.